The third-order valence-corrected chi connectivity index (χ3v) is 13.4. The number of anilines is 1. The van der Waals surface area contributed by atoms with E-state index in [2.05, 4.69) is 147 Å². The second kappa shape index (κ2) is 11.9. The number of para-hydroxylation sites is 2. The fourth-order valence-corrected chi connectivity index (χ4v) is 11.0. The third kappa shape index (κ3) is 5.74. The molecule has 0 N–H and O–H groups in total. The highest BCUT2D eigenvalue weighted by atomic mass is 28.4. The van der Waals surface area contributed by atoms with E-state index in [0.29, 0.717) is 0 Å². The molecule has 1 atom stereocenters. The molecule has 1 aliphatic rings. The van der Waals surface area contributed by atoms with Gasteiger partial charge in [-0.1, -0.05) is 118 Å². The van der Waals surface area contributed by atoms with Gasteiger partial charge in [-0.15, -0.1) is 0 Å². The average molecular weight is 536 g/mol. The van der Waals surface area contributed by atoms with E-state index < -0.39 is 8.32 Å². The van der Waals surface area contributed by atoms with Crippen LogP contribution >= 0.6 is 0 Å². The Morgan fingerprint density at radius 3 is 1.74 bits per heavy atom. The summed E-state index contributed by atoms with van der Waals surface area (Å²) in [6, 6.07) is 44.0. The van der Waals surface area contributed by atoms with Crippen LogP contribution in [0.2, 0.25) is 5.04 Å². The molecule has 5 rings (SSSR count). The van der Waals surface area contributed by atoms with Crippen molar-refractivity contribution in [2.75, 3.05) is 37.8 Å². The van der Waals surface area contributed by atoms with Crippen LogP contribution in [0.25, 0.3) is 0 Å². The van der Waals surface area contributed by atoms with Gasteiger partial charge in [-0.05, 0) is 52.5 Å². The summed E-state index contributed by atoms with van der Waals surface area (Å²) in [5.41, 5.74) is 2.74. The van der Waals surface area contributed by atoms with Crippen molar-refractivity contribution in [3.63, 3.8) is 0 Å². The first-order chi connectivity index (χ1) is 18.9. The monoisotopic (exact) mass is 535 g/mol. The predicted molar refractivity (Wildman–Crippen MR) is 169 cm³/mol. The van der Waals surface area contributed by atoms with Crippen molar-refractivity contribution in [3.8, 4) is 0 Å². The van der Waals surface area contributed by atoms with Crippen LogP contribution in [0.5, 0.6) is 0 Å². The zero-order chi connectivity index (χ0) is 27.2. The first-order valence-corrected chi connectivity index (χ1v) is 16.3. The molecular formula is C35H43N2OSi+. The topological polar surface area (TPSA) is 12.5 Å². The number of hydrogen-bond acceptors (Lipinski definition) is 2. The molecule has 3 nitrogen and oxygen atoms in total. The molecule has 0 aromatic heterocycles. The highest BCUT2D eigenvalue weighted by molar-refractivity contribution is 6.99. The van der Waals surface area contributed by atoms with E-state index in [1.165, 1.54) is 21.7 Å². The van der Waals surface area contributed by atoms with Crippen LogP contribution in [0, 0.1) is 0 Å². The molecule has 1 aliphatic heterocycles. The number of nitrogens with zero attached hydrogens (tertiary/aromatic N) is 2. The van der Waals surface area contributed by atoms with Gasteiger partial charge < -0.3 is 9.33 Å². The van der Waals surface area contributed by atoms with Gasteiger partial charge in [0.25, 0.3) is 8.32 Å². The van der Waals surface area contributed by atoms with Crippen molar-refractivity contribution >= 4 is 30.1 Å². The summed E-state index contributed by atoms with van der Waals surface area (Å²) in [7, 11) is -2.48. The molecule has 1 fully saturated rings. The van der Waals surface area contributed by atoms with Crippen LogP contribution in [0.3, 0.4) is 0 Å². The second-order valence-corrected chi connectivity index (χ2v) is 16.2. The Labute approximate surface area is 236 Å². The summed E-state index contributed by atoms with van der Waals surface area (Å²) in [6.45, 7) is 12.2. The second-order valence-electron chi connectivity index (χ2n) is 11.9. The van der Waals surface area contributed by atoms with E-state index in [9.17, 15) is 0 Å². The van der Waals surface area contributed by atoms with Crippen molar-refractivity contribution in [2.24, 2.45) is 0 Å². The number of rotatable bonds is 10. The maximum absolute atomic E-state index is 7.18. The molecule has 0 saturated carbocycles. The summed E-state index contributed by atoms with van der Waals surface area (Å²) < 4.78 is 8.19. The summed E-state index contributed by atoms with van der Waals surface area (Å²) in [4.78, 5) is 2.55. The zero-order valence-electron chi connectivity index (χ0n) is 23.8. The minimum atomic E-state index is -2.48. The van der Waals surface area contributed by atoms with Gasteiger partial charge >= 0.3 is 0 Å². The molecule has 1 heterocycles. The Kier molecular flexibility index (Phi) is 8.36. The summed E-state index contributed by atoms with van der Waals surface area (Å²) in [6.07, 6.45) is 2.19. The van der Waals surface area contributed by atoms with Gasteiger partial charge in [-0.2, -0.15) is 0 Å². The van der Waals surface area contributed by atoms with Crippen molar-refractivity contribution in [2.45, 2.75) is 38.7 Å². The van der Waals surface area contributed by atoms with E-state index in [1.807, 2.05) is 0 Å². The fourth-order valence-electron chi connectivity index (χ4n) is 6.40. The standard InChI is InChI=1S/C35H43N2OSi/c1-35(2,3)39(33-22-12-6-13-23-33,34-24-14-7-15-25-34)38-29-17-16-27-37(32-20-10-5-11-21-32)28-26-36(30-37)31-18-8-4-9-19-31/h4-15,18-25H,16-17,26-30H2,1-3H3/q+1. The highest BCUT2D eigenvalue weighted by Crippen LogP contribution is 2.37. The number of quaternary nitrogens is 1. The Bertz CT molecular complexity index is 1250. The van der Waals surface area contributed by atoms with Gasteiger partial charge in [0.1, 0.15) is 12.2 Å². The number of hydrogen-bond donors (Lipinski definition) is 0. The molecule has 39 heavy (non-hydrogen) atoms. The Morgan fingerprint density at radius 2 is 1.21 bits per heavy atom. The number of unbranched alkanes of at least 4 members (excludes halogenated alkanes) is 1. The van der Waals surface area contributed by atoms with E-state index in [-0.39, 0.29) is 5.04 Å². The molecule has 0 radical (unpaired) electrons. The molecule has 0 spiro atoms. The Hall–Kier alpha value is -3.18. The first-order valence-electron chi connectivity index (χ1n) is 14.4. The van der Waals surface area contributed by atoms with E-state index in [4.69, 9.17) is 4.43 Å². The maximum atomic E-state index is 7.18. The Morgan fingerprint density at radius 1 is 0.692 bits per heavy atom. The normalized spacial score (nSPS) is 17.9. The number of benzene rings is 4. The summed E-state index contributed by atoms with van der Waals surface area (Å²) in [5.74, 6) is 0. The summed E-state index contributed by atoms with van der Waals surface area (Å²) in [5, 5.41) is 2.72. The van der Waals surface area contributed by atoms with Gasteiger partial charge in [-0.3, -0.25) is 4.48 Å². The molecule has 0 bridgehead atoms. The van der Waals surface area contributed by atoms with Crippen LogP contribution in [0.15, 0.2) is 121 Å². The minimum absolute atomic E-state index is 0.0126. The van der Waals surface area contributed by atoms with Gasteiger partial charge in [0.15, 0.2) is 6.67 Å². The molecule has 202 valence electrons. The largest absolute Gasteiger partial charge is 0.407 e. The van der Waals surface area contributed by atoms with Crippen molar-refractivity contribution < 1.29 is 4.43 Å². The molecule has 4 heteroatoms. The lowest BCUT2D eigenvalue weighted by Crippen LogP contribution is -2.66. The Balaban J connectivity index is 1.32. The van der Waals surface area contributed by atoms with E-state index in [0.717, 1.165) is 50.2 Å². The molecule has 4 aromatic rings. The van der Waals surface area contributed by atoms with Crippen molar-refractivity contribution in [3.05, 3.63) is 121 Å². The smallest absolute Gasteiger partial charge is 0.261 e. The molecule has 0 amide bonds. The maximum Gasteiger partial charge on any atom is 0.261 e. The molecule has 0 aliphatic carbocycles. The quantitative estimate of drug-likeness (QED) is 0.125. The van der Waals surface area contributed by atoms with Gasteiger partial charge in [0.05, 0.1) is 13.1 Å². The van der Waals surface area contributed by atoms with Crippen LogP contribution in [0.1, 0.15) is 33.6 Å². The molecule has 4 aromatic carbocycles. The lowest BCUT2D eigenvalue weighted by Gasteiger charge is -2.43. The van der Waals surface area contributed by atoms with Gasteiger partial charge in [-0.25, -0.2) is 0 Å². The fraction of sp³-hybridized carbons (Fsp3) is 0.314. The minimum Gasteiger partial charge on any atom is -0.407 e. The average Bonchev–Trinajstić information content (AvgIpc) is 3.42. The summed E-state index contributed by atoms with van der Waals surface area (Å²) >= 11 is 0. The molecular weight excluding hydrogens is 492 g/mol. The molecule has 1 saturated heterocycles. The zero-order valence-corrected chi connectivity index (χ0v) is 24.8. The van der Waals surface area contributed by atoms with Crippen LogP contribution in [-0.4, -0.2) is 41.2 Å². The van der Waals surface area contributed by atoms with E-state index in [1.54, 1.807) is 0 Å². The SMILES string of the molecule is CC(C)(C)[Si](OCCCC[N+]1(c2ccccc2)CCN(c2ccccc2)C1)(c1ccccc1)c1ccccc1. The van der Waals surface area contributed by atoms with Gasteiger partial charge in [0, 0.05) is 12.3 Å². The van der Waals surface area contributed by atoms with E-state index >= 15 is 0 Å². The van der Waals surface area contributed by atoms with Crippen LogP contribution in [0.4, 0.5) is 11.4 Å². The third-order valence-electron chi connectivity index (χ3n) is 8.38. The highest BCUT2D eigenvalue weighted by Gasteiger charge is 2.50. The predicted octanol–water partition coefficient (Wildman–Crippen LogP) is 6.83. The lowest BCUT2D eigenvalue weighted by atomic mass is 10.2. The van der Waals surface area contributed by atoms with Crippen molar-refractivity contribution in [1.29, 1.82) is 0 Å². The lowest BCUT2D eigenvalue weighted by molar-refractivity contribution is 0.268. The van der Waals surface area contributed by atoms with Crippen LogP contribution < -0.4 is 19.8 Å². The van der Waals surface area contributed by atoms with Crippen molar-refractivity contribution in [1.82, 2.24) is 4.48 Å². The van der Waals surface area contributed by atoms with Gasteiger partial charge in [0.2, 0.25) is 0 Å². The first kappa shape index (κ1) is 27.4. The van der Waals surface area contributed by atoms with Crippen LogP contribution in [-0.2, 0) is 4.43 Å². The molecule has 1 unspecified atom stereocenters.